The van der Waals surface area contributed by atoms with Crippen molar-refractivity contribution >= 4 is 9.53 Å². The minimum absolute atomic E-state index is 0.677. The summed E-state index contributed by atoms with van der Waals surface area (Å²) in [6.45, 7) is 7.86. The summed E-state index contributed by atoms with van der Waals surface area (Å²) in [5.74, 6) is 0. The van der Waals surface area contributed by atoms with Crippen LogP contribution in [0.25, 0.3) is 0 Å². The molecule has 5 heteroatoms. The Hall–Kier alpha value is 0.0569. The largest absolute Gasteiger partial charge is 0.484 e. The molecular formula is C14H33NO3Si. The van der Waals surface area contributed by atoms with E-state index in [1.807, 2.05) is 20.8 Å². The SMILES string of the molecule is CCO[SiH](OCC)OCC.CN(C)C1CCCCC1. The monoisotopic (exact) mass is 291 g/mol. The lowest BCUT2D eigenvalue weighted by atomic mass is 9.95. The van der Waals surface area contributed by atoms with Gasteiger partial charge in [-0.25, -0.2) is 0 Å². The third-order valence-corrected chi connectivity index (χ3v) is 5.03. The Morgan fingerprint density at radius 1 is 0.842 bits per heavy atom. The molecule has 0 spiro atoms. The van der Waals surface area contributed by atoms with Gasteiger partial charge in [0.05, 0.1) is 0 Å². The molecule has 1 aliphatic rings. The second-order valence-corrected chi connectivity index (χ2v) is 6.49. The molecule has 1 aliphatic carbocycles. The highest BCUT2D eigenvalue weighted by Crippen LogP contribution is 2.20. The molecule has 0 aromatic rings. The van der Waals surface area contributed by atoms with Crippen molar-refractivity contribution in [3.05, 3.63) is 0 Å². The van der Waals surface area contributed by atoms with Crippen LogP contribution in [0.3, 0.4) is 0 Å². The van der Waals surface area contributed by atoms with Crippen LogP contribution in [0.2, 0.25) is 0 Å². The zero-order chi connectivity index (χ0) is 14.5. The normalized spacial score (nSPS) is 16.6. The average molecular weight is 292 g/mol. The first-order chi connectivity index (χ1) is 9.15. The van der Waals surface area contributed by atoms with Crippen LogP contribution in [0.4, 0.5) is 0 Å². The van der Waals surface area contributed by atoms with Crippen LogP contribution in [0, 0.1) is 0 Å². The summed E-state index contributed by atoms with van der Waals surface area (Å²) in [5.41, 5.74) is 0. The Morgan fingerprint density at radius 2 is 1.26 bits per heavy atom. The molecule has 0 aromatic carbocycles. The van der Waals surface area contributed by atoms with Gasteiger partial charge in [0.2, 0.25) is 0 Å². The summed E-state index contributed by atoms with van der Waals surface area (Å²) in [6.07, 6.45) is 7.20. The molecule has 0 unspecified atom stereocenters. The second kappa shape index (κ2) is 13.1. The van der Waals surface area contributed by atoms with Gasteiger partial charge in [-0.3, -0.25) is 0 Å². The van der Waals surface area contributed by atoms with Crippen LogP contribution in [0.1, 0.15) is 52.9 Å². The topological polar surface area (TPSA) is 30.9 Å². The Kier molecular flexibility index (Phi) is 13.1. The van der Waals surface area contributed by atoms with Crippen molar-refractivity contribution in [1.82, 2.24) is 4.90 Å². The predicted molar refractivity (Wildman–Crippen MR) is 82.6 cm³/mol. The predicted octanol–water partition coefficient (Wildman–Crippen LogP) is 2.69. The Labute approximate surface area is 121 Å². The molecule has 1 rings (SSSR count). The summed E-state index contributed by atoms with van der Waals surface area (Å²) in [4.78, 5) is 2.36. The van der Waals surface area contributed by atoms with Crippen LogP contribution in [-0.2, 0) is 13.3 Å². The van der Waals surface area contributed by atoms with E-state index in [2.05, 4.69) is 19.0 Å². The van der Waals surface area contributed by atoms with Gasteiger partial charge in [0.15, 0.2) is 0 Å². The second-order valence-electron chi connectivity index (χ2n) is 4.91. The zero-order valence-electron chi connectivity index (χ0n) is 13.5. The van der Waals surface area contributed by atoms with Crippen molar-refractivity contribution in [2.75, 3.05) is 33.9 Å². The summed E-state index contributed by atoms with van der Waals surface area (Å²) in [5, 5.41) is 0. The molecule has 0 heterocycles. The molecule has 0 aliphatic heterocycles. The van der Waals surface area contributed by atoms with Crippen molar-refractivity contribution < 1.29 is 13.3 Å². The molecule has 4 nitrogen and oxygen atoms in total. The van der Waals surface area contributed by atoms with Gasteiger partial charge in [-0.2, -0.15) is 0 Å². The number of rotatable bonds is 7. The smallest absolute Gasteiger partial charge is 0.376 e. The Morgan fingerprint density at radius 3 is 1.53 bits per heavy atom. The fraction of sp³-hybridized carbons (Fsp3) is 1.00. The quantitative estimate of drug-likeness (QED) is 0.675. The zero-order valence-corrected chi connectivity index (χ0v) is 14.6. The van der Waals surface area contributed by atoms with Gasteiger partial charge in [-0.05, 0) is 47.7 Å². The Balaban J connectivity index is 0.000000342. The maximum Gasteiger partial charge on any atom is 0.484 e. The third kappa shape index (κ3) is 10.5. The lowest BCUT2D eigenvalue weighted by Crippen LogP contribution is -2.29. The molecule has 0 aromatic heterocycles. The number of hydrogen-bond acceptors (Lipinski definition) is 4. The fourth-order valence-electron chi connectivity index (χ4n) is 2.15. The minimum Gasteiger partial charge on any atom is -0.376 e. The summed E-state index contributed by atoms with van der Waals surface area (Å²) in [7, 11) is 2.65. The van der Waals surface area contributed by atoms with E-state index in [9.17, 15) is 0 Å². The molecule has 0 atom stereocenters. The van der Waals surface area contributed by atoms with E-state index in [-0.39, 0.29) is 0 Å². The Bertz CT molecular complexity index is 173. The van der Waals surface area contributed by atoms with Crippen LogP contribution in [0.15, 0.2) is 0 Å². The molecule has 0 N–H and O–H groups in total. The van der Waals surface area contributed by atoms with E-state index in [4.69, 9.17) is 13.3 Å². The molecule has 116 valence electrons. The maximum absolute atomic E-state index is 5.22. The standard InChI is InChI=1S/C8H17N.C6H16O3Si/c1-9(2)8-6-4-3-5-7-8;1-4-7-10(8-5-2)9-6-3/h8H,3-7H2,1-2H3;10H,4-6H2,1-3H3. The van der Waals surface area contributed by atoms with Crippen LogP contribution >= 0.6 is 0 Å². The molecule has 0 amide bonds. The van der Waals surface area contributed by atoms with Crippen molar-refractivity contribution in [1.29, 1.82) is 0 Å². The molecule has 1 saturated carbocycles. The van der Waals surface area contributed by atoms with Crippen molar-refractivity contribution in [3.8, 4) is 0 Å². The first-order valence-electron chi connectivity index (χ1n) is 7.66. The molecule has 1 fully saturated rings. The molecular weight excluding hydrogens is 258 g/mol. The van der Waals surface area contributed by atoms with E-state index in [0.717, 1.165) is 6.04 Å². The van der Waals surface area contributed by atoms with Gasteiger partial charge in [-0.1, -0.05) is 19.3 Å². The van der Waals surface area contributed by atoms with Crippen LogP contribution in [0.5, 0.6) is 0 Å². The maximum atomic E-state index is 5.22. The van der Waals surface area contributed by atoms with Gasteiger partial charge in [0.25, 0.3) is 0 Å². The van der Waals surface area contributed by atoms with Gasteiger partial charge < -0.3 is 18.2 Å². The first-order valence-corrected chi connectivity index (χ1v) is 9.08. The van der Waals surface area contributed by atoms with Gasteiger partial charge >= 0.3 is 9.53 Å². The highest BCUT2D eigenvalue weighted by molar-refractivity contribution is 6.36. The molecule has 19 heavy (non-hydrogen) atoms. The van der Waals surface area contributed by atoms with Gasteiger partial charge in [0, 0.05) is 25.9 Å². The number of nitrogens with zero attached hydrogens (tertiary/aromatic N) is 1. The van der Waals surface area contributed by atoms with E-state index in [0.29, 0.717) is 19.8 Å². The summed E-state index contributed by atoms with van der Waals surface area (Å²) >= 11 is 0. The van der Waals surface area contributed by atoms with Crippen molar-refractivity contribution in [3.63, 3.8) is 0 Å². The van der Waals surface area contributed by atoms with Crippen molar-refractivity contribution in [2.45, 2.75) is 58.9 Å². The molecule has 0 saturated heterocycles. The highest BCUT2D eigenvalue weighted by atomic mass is 28.3. The highest BCUT2D eigenvalue weighted by Gasteiger charge is 2.14. The van der Waals surface area contributed by atoms with Crippen LogP contribution < -0.4 is 0 Å². The third-order valence-electron chi connectivity index (χ3n) is 3.21. The van der Waals surface area contributed by atoms with Gasteiger partial charge in [0.1, 0.15) is 0 Å². The van der Waals surface area contributed by atoms with Gasteiger partial charge in [-0.15, -0.1) is 0 Å². The summed E-state index contributed by atoms with van der Waals surface area (Å²) < 4.78 is 15.7. The van der Waals surface area contributed by atoms with E-state index >= 15 is 0 Å². The first kappa shape index (κ1) is 19.1. The molecule has 0 bridgehead atoms. The lowest BCUT2D eigenvalue weighted by Gasteiger charge is -2.27. The average Bonchev–Trinajstić information content (AvgIpc) is 2.41. The van der Waals surface area contributed by atoms with Crippen molar-refractivity contribution in [2.24, 2.45) is 0 Å². The van der Waals surface area contributed by atoms with E-state index in [1.165, 1.54) is 32.1 Å². The van der Waals surface area contributed by atoms with Crippen LogP contribution in [-0.4, -0.2) is 54.4 Å². The summed E-state index contributed by atoms with van der Waals surface area (Å²) in [6, 6.07) is 0.888. The molecule has 0 radical (unpaired) electrons. The van der Waals surface area contributed by atoms with E-state index in [1.54, 1.807) is 0 Å². The van der Waals surface area contributed by atoms with E-state index < -0.39 is 9.53 Å². The lowest BCUT2D eigenvalue weighted by molar-refractivity contribution is 0.107. The number of hydrogen-bond donors (Lipinski definition) is 0. The fourth-order valence-corrected chi connectivity index (χ4v) is 3.26. The minimum atomic E-state index is -1.73.